The lowest BCUT2D eigenvalue weighted by Crippen LogP contribution is -2.11. The first kappa shape index (κ1) is 12.1. The second-order valence-corrected chi connectivity index (χ2v) is 4.60. The second-order valence-electron chi connectivity index (χ2n) is 4.60. The molecule has 0 aliphatic heterocycles. The van der Waals surface area contributed by atoms with E-state index in [-0.39, 0.29) is 11.2 Å². The third kappa shape index (κ3) is 3.03. The zero-order valence-electron chi connectivity index (χ0n) is 9.66. The van der Waals surface area contributed by atoms with E-state index < -0.39 is 5.91 Å². The first-order valence-corrected chi connectivity index (χ1v) is 4.95. The number of rotatable bonds is 0. The number of hydrogen-bond donors (Lipinski definition) is 2. The summed E-state index contributed by atoms with van der Waals surface area (Å²) in [5, 5.41) is 9.56. The normalized spacial score (nSPS) is 10.4. The van der Waals surface area contributed by atoms with Gasteiger partial charge >= 0.3 is 0 Å². The summed E-state index contributed by atoms with van der Waals surface area (Å²) in [6.07, 6.45) is 0. The standard InChI is InChI=1S/C13H15NO2/c1-13(2,3)10-5-6-11(15)9(8-10)4-7-12(14)16/h5-6,8,15H,1-3H3,(H2,14,16). The molecule has 3 N–H and O–H groups in total. The Morgan fingerprint density at radius 2 is 2.00 bits per heavy atom. The first-order valence-electron chi connectivity index (χ1n) is 4.95. The van der Waals surface area contributed by atoms with Crippen LogP contribution < -0.4 is 5.73 Å². The van der Waals surface area contributed by atoms with Gasteiger partial charge in [-0.3, -0.25) is 4.79 Å². The van der Waals surface area contributed by atoms with Gasteiger partial charge < -0.3 is 10.8 Å². The minimum atomic E-state index is -0.708. The van der Waals surface area contributed by atoms with Crippen molar-refractivity contribution in [1.82, 2.24) is 0 Å². The largest absolute Gasteiger partial charge is 0.507 e. The van der Waals surface area contributed by atoms with Crippen LogP contribution in [0.5, 0.6) is 5.75 Å². The predicted octanol–water partition coefficient (Wildman–Crippen LogP) is 1.53. The summed E-state index contributed by atoms with van der Waals surface area (Å²) in [4.78, 5) is 10.5. The molecule has 0 saturated carbocycles. The van der Waals surface area contributed by atoms with E-state index >= 15 is 0 Å². The number of phenols is 1. The van der Waals surface area contributed by atoms with Gasteiger partial charge in [0.1, 0.15) is 5.75 Å². The molecule has 3 heteroatoms. The summed E-state index contributed by atoms with van der Waals surface area (Å²) >= 11 is 0. The highest BCUT2D eigenvalue weighted by Gasteiger charge is 2.14. The van der Waals surface area contributed by atoms with Crippen LogP contribution in [0.25, 0.3) is 0 Å². The van der Waals surface area contributed by atoms with Gasteiger partial charge in [-0.2, -0.15) is 0 Å². The van der Waals surface area contributed by atoms with Crippen LogP contribution in [0.2, 0.25) is 0 Å². The van der Waals surface area contributed by atoms with Crippen LogP contribution in [0.4, 0.5) is 0 Å². The number of hydrogen-bond acceptors (Lipinski definition) is 2. The van der Waals surface area contributed by atoms with Crippen LogP contribution in [-0.4, -0.2) is 11.0 Å². The molecule has 1 rings (SSSR count). The maximum Gasteiger partial charge on any atom is 0.293 e. The van der Waals surface area contributed by atoms with Gasteiger partial charge in [0.05, 0.1) is 5.56 Å². The van der Waals surface area contributed by atoms with E-state index in [9.17, 15) is 9.90 Å². The SMILES string of the molecule is CC(C)(C)c1ccc(O)c(C#CC(N)=O)c1. The molecule has 1 aromatic carbocycles. The lowest BCUT2D eigenvalue weighted by atomic mass is 9.86. The molecule has 1 aromatic rings. The van der Waals surface area contributed by atoms with Gasteiger partial charge in [-0.05, 0) is 23.1 Å². The molecule has 0 saturated heterocycles. The van der Waals surface area contributed by atoms with Crippen molar-refractivity contribution in [2.75, 3.05) is 0 Å². The Labute approximate surface area is 95.3 Å². The van der Waals surface area contributed by atoms with Crippen LogP contribution >= 0.6 is 0 Å². The van der Waals surface area contributed by atoms with Crippen LogP contribution in [0.1, 0.15) is 31.9 Å². The zero-order chi connectivity index (χ0) is 12.3. The van der Waals surface area contributed by atoms with Gasteiger partial charge in [0.25, 0.3) is 5.91 Å². The van der Waals surface area contributed by atoms with Gasteiger partial charge in [-0.1, -0.05) is 32.8 Å². The molecule has 0 unspecified atom stereocenters. The summed E-state index contributed by atoms with van der Waals surface area (Å²) in [6.45, 7) is 6.18. The number of phenolic OH excluding ortho intramolecular Hbond substituents is 1. The van der Waals surface area contributed by atoms with Crippen molar-refractivity contribution < 1.29 is 9.90 Å². The Morgan fingerprint density at radius 3 is 2.50 bits per heavy atom. The number of carbonyl (C=O) groups excluding carboxylic acids is 1. The van der Waals surface area contributed by atoms with E-state index in [1.807, 2.05) is 6.07 Å². The van der Waals surface area contributed by atoms with Crippen LogP contribution in [0, 0.1) is 11.8 Å². The molecule has 0 aromatic heterocycles. The summed E-state index contributed by atoms with van der Waals surface area (Å²) in [7, 11) is 0. The highest BCUT2D eigenvalue weighted by Crippen LogP contribution is 2.26. The Bertz CT molecular complexity index is 473. The number of primary amides is 1. The number of carbonyl (C=O) groups is 1. The Balaban J connectivity index is 3.21. The molecule has 0 bridgehead atoms. The summed E-state index contributed by atoms with van der Waals surface area (Å²) in [5.74, 6) is 4.11. The Kier molecular flexibility index (Phi) is 3.24. The van der Waals surface area contributed by atoms with Crippen molar-refractivity contribution >= 4 is 5.91 Å². The fraction of sp³-hybridized carbons (Fsp3) is 0.308. The van der Waals surface area contributed by atoms with Crippen molar-refractivity contribution in [3.05, 3.63) is 29.3 Å². The van der Waals surface area contributed by atoms with Gasteiger partial charge in [-0.25, -0.2) is 0 Å². The smallest absolute Gasteiger partial charge is 0.293 e. The average molecular weight is 217 g/mol. The minimum absolute atomic E-state index is 0.0309. The van der Waals surface area contributed by atoms with E-state index in [1.54, 1.807) is 12.1 Å². The monoisotopic (exact) mass is 217 g/mol. The molecule has 0 fully saturated rings. The molecule has 0 radical (unpaired) electrons. The van der Waals surface area contributed by atoms with Gasteiger partial charge in [-0.15, -0.1) is 0 Å². The highest BCUT2D eigenvalue weighted by atomic mass is 16.3. The molecule has 1 amide bonds. The average Bonchev–Trinajstić information content (AvgIpc) is 2.14. The van der Waals surface area contributed by atoms with Crippen molar-refractivity contribution in [1.29, 1.82) is 0 Å². The Morgan fingerprint density at radius 1 is 1.38 bits per heavy atom. The molecule has 16 heavy (non-hydrogen) atoms. The van der Waals surface area contributed by atoms with Crippen molar-refractivity contribution in [2.45, 2.75) is 26.2 Å². The molecule has 0 spiro atoms. The van der Waals surface area contributed by atoms with Crippen molar-refractivity contribution in [3.63, 3.8) is 0 Å². The molecule has 0 aliphatic carbocycles. The molecule has 0 atom stereocenters. The summed E-state index contributed by atoms with van der Waals surface area (Å²) < 4.78 is 0. The maximum atomic E-state index is 10.5. The van der Waals surface area contributed by atoms with Crippen molar-refractivity contribution in [2.24, 2.45) is 5.73 Å². The van der Waals surface area contributed by atoms with Crippen molar-refractivity contribution in [3.8, 4) is 17.6 Å². The fourth-order valence-corrected chi connectivity index (χ4v) is 1.23. The van der Waals surface area contributed by atoms with E-state index in [0.717, 1.165) is 5.56 Å². The molecule has 84 valence electrons. The lowest BCUT2D eigenvalue weighted by Gasteiger charge is -2.19. The van der Waals surface area contributed by atoms with Crippen LogP contribution in [-0.2, 0) is 10.2 Å². The predicted molar refractivity (Wildman–Crippen MR) is 62.9 cm³/mol. The number of amides is 1. The quantitative estimate of drug-likeness (QED) is 0.647. The van der Waals surface area contributed by atoms with Gasteiger partial charge in [0.2, 0.25) is 0 Å². The zero-order valence-corrected chi connectivity index (χ0v) is 9.66. The fourth-order valence-electron chi connectivity index (χ4n) is 1.23. The van der Waals surface area contributed by atoms with E-state index in [0.29, 0.717) is 5.56 Å². The van der Waals surface area contributed by atoms with E-state index in [1.165, 1.54) is 0 Å². The van der Waals surface area contributed by atoms with Gasteiger partial charge in [0.15, 0.2) is 0 Å². The minimum Gasteiger partial charge on any atom is -0.507 e. The molecule has 0 aliphatic rings. The third-order valence-corrected chi connectivity index (χ3v) is 2.18. The van der Waals surface area contributed by atoms with Gasteiger partial charge in [0, 0.05) is 5.92 Å². The summed E-state index contributed by atoms with van der Waals surface area (Å²) in [6, 6.07) is 5.18. The highest BCUT2D eigenvalue weighted by molar-refractivity contribution is 5.92. The van der Waals surface area contributed by atoms with Crippen LogP contribution in [0.3, 0.4) is 0 Å². The lowest BCUT2D eigenvalue weighted by molar-refractivity contribution is -0.112. The molecular weight excluding hydrogens is 202 g/mol. The molecule has 0 heterocycles. The number of benzene rings is 1. The summed E-state index contributed by atoms with van der Waals surface area (Å²) in [5.41, 5.74) is 6.35. The molecule has 3 nitrogen and oxygen atoms in total. The third-order valence-electron chi connectivity index (χ3n) is 2.18. The van der Waals surface area contributed by atoms with Crippen LogP contribution in [0.15, 0.2) is 18.2 Å². The number of aromatic hydroxyl groups is 1. The maximum absolute atomic E-state index is 10.5. The molecular formula is C13H15NO2. The van der Waals surface area contributed by atoms with E-state index in [4.69, 9.17) is 5.73 Å². The topological polar surface area (TPSA) is 63.3 Å². The Hall–Kier alpha value is -1.95. The number of nitrogens with two attached hydrogens (primary N) is 1. The second kappa shape index (κ2) is 4.28. The first-order chi connectivity index (χ1) is 7.30. The van der Waals surface area contributed by atoms with E-state index in [2.05, 4.69) is 32.6 Å².